The molecular formula is C2H6NO2S. The van der Waals surface area contributed by atoms with Crippen LogP contribution in [0, 0.1) is 6.92 Å². The second-order valence-electron chi connectivity index (χ2n) is 0.665. The molecule has 0 aromatic rings. The summed E-state index contributed by atoms with van der Waals surface area (Å²) in [7, 11) is -2.41. The zero-order valence-corrected chi connectivity index (χ0v) is 4.07. The molecule has 3 nitrogen and oxygen atoms in total. The van der Waals surface area contributed by atoms with Crippen molar-refractivity contribution >= 4 is 10.9 Å². The van der Waals surface area contributed by atoms with Gasteiger partial charge in [0, 0.05) is 6.54 Å². The lowest BCUT2D eigenvalue weighted by Crippen LogP contribution is -2.08. The molecule has 0 spiro atoms. The first kappa shape index (κ1) is 5.91. The van der Waals surface area contributed by atoms with Gasteiger partial charge in [0.05, 0.1) is 0 Å². The summed E-state index contributed by atoms with van der Waals surface area (Å²) in [6, 6.07) is 0. The first-order valence-electron chi connectivity index (χ1n) is 1.44. The van der Waals surface area contributed by atoms with Crippen LogP contribution < -0.4 is 4.72 Å². The number of hydrogen-bond acceptors (Lipinski definition) is 2. The first-order valence-corrected chi connectivity index (χ1v) is 2.62. The van der Waals surface area contributed by atoms with Crippen LogP contribution in [-0.4, -0.2) is 15.0 Å². The van der Waals surface area contributed by atoms with E-state index in [1.807, 2.05) is 0 Å². The Labute approximate surface area is 38.4 Å². The molecule has 1 radical (unpaired) electrons. The number of rotatable bonds is 2. The third-order valence-corrected chi connectivity index (χ3v) is 0.723. The van der Waals surface area contributed by atoms with Gasteiger partial charge in [0.2, 0.25) is 10.9 Å². The van der Waals surface area contributed by atoms with E-state index in [0.29, 0.717) is 0 Å². The lowest BCUT2D eigenvalue weighted by Gasteiger charge is -1.78. The van der Waals surface area contributed by atoms with Crippen molar-refractivity contribution in [1.82, 2.24) is 4.72 Å². The van der Waals surface area contributed by atoms with Crippen molar-refractivity contribution in [2.75, 3.05) is 6.54 Å². The molecule has 0 amide bonds. The SMILES string of the molecule is [CH2]CN[SH](=O)=O. The molecule has 0 atom stereocenters. The van der Waals surface area contributed by atoms with Crippen LogP contribution in [0.15, 0.2) is 0 Å². The highest BCUT2D eigenvalue weighted by atomic mass is 32.2. The van der Waals surface area contributed by atoms with E-state index in [1.54, 1.807) is 0 Å². The highest BCUT2D eigenvalue weighted by Crippen LogP contribution is 1.46. The Morgan fingerprint density at radius 1 is 1.67 bits per heavy atom. The summed E-state index contributed by atoms with van der Waals surface area (Å²) in [5, 5.41) is 0. The van der Waals surface area contributed by atoms with Crippen molar-refractivity contribution in [2.24, 2.45) is 0 Å². The molecule has 0 bridgehead atoms. The minimum absolute atomic E-state index is 0.235. The highest BCUT2D eigenvalue weighted by Gasteiger charge is 1.70. The average Bonchev–Trinajstić information content (AvgIpc) is 1.35. The Balaban J connectivity index is 3.07. The van der Waals surface area contributed by atoms with E-state index in [1.165, 1.54) is 0 Å². The van der Waals surface area contributed by atoms with Crippen LogP contribution in [0.3, 0.4) is 0 Å². The minimum atomic E-state index is -2.41. The molecule has 0 aliphatic heterocycles. The predicted molar refractivity (Wildman–Crippen MR) is 23.7 cm³/mol. The van der Waals surface area contributed by atoms with Crippen molar-refractivity contribution in [3.63, 3.8) is 0 Å². The largest absolute Gasteiger partial charge is 0.218 e. The minimum Gasteiger partial charge on any atom is -0.218 e. The van der Waals surface area contributed by atoms with Gasteiger partial charge in [0.15, 0.2) is 0 Å². The number of nitrogens with one attached hydrogen (secondary N) is 1. The van der Waals surface area contributed by atoms with Gasteiger partial charge in [0.1, 0.15) is 0 Å². The van der Waals surface area contributed by atoms with Crippen molar-refractivity contribution in [3.8, 4) is 0 Å². The maximum Gasteiger partial charge on any atom is 0.201 e. The molecule has 0 saturated heterocycles. The lowest BCUT2D eigenvalue weighted by atomic mass is 10.8. The summed E-state index contributed by atoms with van der Waals surface area (Å²) in [5.41, 5.74) is 0. The highest BCUT2D eigenvalue weighted by molar-refractivity contribution is 7.70. The standard InChI is InChI=1S/C2H6NO2S/c1-2-3-6(4)5/h6H,1-2H2,(H,3,4,5). The predicted octanol–water partition coefficient (Wildman–Crippen LogP) is -1.06. The quantitative estimate of drug-likeness (QED) is 0.443. The van der Waals surface area contributed by atoms with E-state index in [0.717, 1.165) is 0 Å². The molecule has 0 aliphatic carbocycles. The molecule has 4 heteroatoms. The Hall–Kier alpha value is -0.0900. The van der Waals surface area contributed by atoms with Crippen molar-refractivity contribution < 1.29 is 8.42 Å². The van der Waals surface area contributed by atoms with E-state index < -0.39 is 10.9 Å². The Bertz CT molecular complexity index is 79.5. The van der Waals surface area contributed by atoms with Crippen LogP contribution in [-0.2, 0) is 10.9 Å². The molecular weight excluding hydrogens is 102 g/mol. The molecule has 0 heterocycles. The third kappa shape index (κ3) is 3.91. The van der Waals surface area contributed by atoms with Crippen LogP contribution in [0.4, 0.5) is 0 Å². The smallest absolute Gasteiger partial charge is 0.201 e. The number of thiol groups is 1. The second kappa shape index (κ2) is 3.11. The topological polar surface area (TPSA) is 46.2 Å². The summed E-state index contributed by atoms with van der Waals surface area (Å²) in [6.07, 6.45) is 0. The van der Waals surface area contributed by atoms with E-state index >= 15 is 0 Å². The monoisotopic (exact) mass is 108 g/mol. The second-order valence-corrected chi connectivity index (χ2v) is 1.50. The molecule has 6 heavy (non-hydrogen) atoms. The Morgan fingerprint density at radius 3 is 2.17 bits per heavy atom. The molecule has 0 fully saturated rings. The molecule has 37 valence electrons. The van der Waals surface area contributed by atoms with Gasteiger partial charge < -0.3 is 0 Å². The van der Waals surface area contributed by atoms with Crippen LogP contribution in [0.25, 0.3) is 0 Å². The summed E-state index contributed by atoms with van der Waals surface area (Å²) in [4.78, 5) is 0. The van der Waals surface area contributed by atoms with Crippen molar-refractivity contribution in [2.45, 2.75) is 0 Å². The van der Waals surface area contributed by atoms with Crippen molar-refractivity contribution in [1.29, 1.82) is 0 Å². The van der Waals surface area contributed by atoms with Gasteiger partial charge in [-0.15, -0.1) is 0 Å². The summed E-state index contributed by atoms with van der Waals surface area (Å²) >= 11 is 0. The normalized spacial score (nSPS) is 9.67. The molecule has 0 aliphatic rings. The third-order valence-electron chi connectivity index (χ3n) is 0.241. The van der Waals surface area contributed by atoms with Gasteiger partial charge in [0.25, 0.3) is 0 Å². The van der Waals surface area contributed by atoms with Crippen LogP contribution in [0.2, 0.25) is 0 Å². The van der Waals surface area contributed by atoms with E-state index in [9.17, 15) is 8.42 Å². The molecule has 0 saturated carbocycles. The number of hydrogen-bond donors (Lipinski definition) is 2. The molecule has 0 aromatic heterocycles. The van der Waals surface area contributed by atoms with Gasteiger partial charge in [-0.2, -0.15) is 0 Å². The van der Waals surface area contributed by atoms with Gasteiger partial charge in [-0.05, 0) is 6.92 Å². The molecule has 1 N–H and O–H groups in total. The fourth-order valence-corrected chi connectivity index (χ4v) is 0.274. The summed E-state index contributed by atoms with van der Waals surface area (Å²) in [6.45, 7) is 3.47. The Kier molecular flexibility index (Phi) is 3.07. The average molecular weight is 108 g/mol. The zero-order valence-electron chi connectivity index (χ0n) is 3.18. The summed E-state index contributed by atoms with van der Waals surface area (Å²) < 4.78 is 21.0. The van der Waals surface area contributed by atoms with Crippen LogP contribution in [0.5, 0.6) is 0 Å². The zero-order chi connectivity index (χ0) is 4.99. The van der Waals surface area contributed by atoms with E-state index in [4.69, 9.17) is 0 Å². The van der Waals surface area contributed by atoms with Gasteiger partial charge >= 0.3 is 0 Å². The maximum atomic E-state index is 9.49. The van der Waals surface area contributed by atoms with Crippen molar-refractivity contribution in [3.05, 3.63) is 6.92 Å². The summed E-state index contributed by atoms with van der Waals surface area (Å²) in [5.74, 6) is 0. The molecule has 0 unspecified atom stereocenters. The van der Waals surface area contributed by atoms with Crippen LogP contribution in [0.1, 0.15) is 0 Å². The maximum absolute atomic E-state index is 9.49. The van der Waals surface area contributed by atoms with Gasteiger partial charge in [-0.1, -0.05) is 0 Å². The van der Waals surface area contributed by atoms with Gasteiger partial charge in [-0.3, -0.25) is 0 Å². The fraction of sp³-hybridized carbons (Fsp3) is 0.500. The fourth-order valence-electron chi connectivity index (χ4n) is 0.0913. The van der Waals surface area contributed by atoms with E-state index in [-0.39, 0.29) is 6.54 Å². The lowest BCUT2D eigenvalue weighted by molar-refractivity contribution is 0.605. The molecule has 0 rings (SSSR count). The molecule has 0 aromatic carbocycles. The van der Waals surface area contributed by atoms with Gasteiger partial charge in [-0.25, -0.2) is 13.1 Å². The Morgan fingerprint density at radius 2 is 2.17 bits per heavy atom. The van der Waals surface area contributed by atoms with Crippen LogP contribution >= 0.6 is 0 Å². The van der Waals surface area contributed by atoms with E-state index in [2.05, 4.69) is 11.6 Å². The first-order chi connectivity index (χ1) is 2.77.